The van der Waals surface area contributed by atoms with Gasteiger partial charge in [0.15, 0.2) is 0 Å². The molecule has 2 saturated heterocycles. The van der Waals surface area contributed by atoms with Gasteiger partial charge < -0.3 is 10.2 Å². The van der Waals surface area contributed by atoms with Crippen molar-refractivity contribution in [2.45, 2.75) is 18.9 Å². The lowest BCUT2D eigenvalue weighted by Gasteiger charge is -2.31. The number of benzene rings is 1. The highest BCUT2D eigenvalue weighted by Crippen LogP contribution is 2.29. The molecule has 3 unspecified atom stereocenters. The molecule has 3 atom stereocenters. The van der Waals surface area contributed by atoms with E-state index in [0.717, 1.165) is 11.5 Å². The van der Waals surface area contributed by atoms with Crippen LogP contribution in [0.5, 0.6) is 0 Å². The quantitative estimate of drug-likeness (QED) is 0.778. The first-order valence-corrected chi connectivity index (χ1v) is 6.41. The van der Waals surface area contributed by atoms with Crippen LogP contribution in [-0.2, 0) is 0 Å². The molecule has 2 aliphatic heterocycles. The Kier molecular flexibility index (Phi) is 2.78. The van der Waals surface area contributed by atoms with E-state index in [2.05, 4.69) is 28.3 Å². The van der Waals surface area contributed by atoms with Crippen LogP contribution in [0.2, 0.25) is 0 Å². The zero-order valence-corrected chi connectivity index (χ0v) is 10.0. The van der Waals surface area contributed by atoms with Gasteiger partial charge in [0.2, 0.25) is 0 Å². The van der Waals surface area contributed by atoms with Crippen LogP contribution in [0.1, 0.15) is 18.4 Å². The predicted octanol–water partition coefficient (Wildman–Crippen LogP) is 2.17. The molecular formula is C15H18N2. The topological polar surface area (TPSA) is 15.3 Å². The fourth-order valence-corrected chi connectivity index (χ4v) is 3.05. The number of terminal acetylenes is 1. The first kappa shape index (κ1) is 10.7. The van der Waals surface area contributed by atoms with Crippen LogP contribution in [0.3, 0.4) is 0 Å². The Bertz CT molecular complexity index is 446. The van der Waals surface area contributed by atoms with E-state index < -0.39 is 0 Å². The summed E-state index contributed by atoms with van der Waals surface area (Å²) in [6.45, 7) is 3.79. The fourth-order valence-electron chi connectivity index (χ4n) is 3.05. The maximum absolute atomic E-state index is 5.43. The van der Waals surface area contributed by atoms with E-state index in [4.69, 9.17) is 6.42 Å². The van der Waals surface area contributed by atoms with E-state index in [0.29, 0.717) is 6.04 Å². The number of anilines is 1. The summed E-state index contributed by atoms with van der Waals surface area (Å²) in [4.78, 5) is 2.57. The smallest absolute Gasteiger partial charge is 0.0354 e. The molecule has 2 nitrogen and oxygen atoms in total. The van der Waals surface area contributed by atoms with Gasteiger partial charge >= 0.3 is 0 Å². The van der Waals surface area contributed by atoms with E-state index in [1.54, 1.807) is 0 Å². The molecular weight excluding hydrogens is 208 g/mol. The maximum atomic E-state index is 5.43. The minimum atomic E-state index is 0.627. The van der Waals surface area contributed by atoms with Crippen molar-refractivity contribution in [1.82, 2.24) is 4.90 Å². The van der Waals surface area contributed by atoms with Gasteiger partial charge in [-0.2, -0.15) is 0 Å². The van der Waals surface area contributed by atoms with Crippen molar-refractivity contribution in [3.8, 4) is 12.3 Å². The summed E-state index contributed by atoms with van der Waals surface area (Å²) < 4.78 is 0. The van der Waals surface area contributed by atoms with Crippen molar-refractivity contribution in [1.29, 1.82) is 0 Å². The van der Waals surface area contributed by atoms with E-state index >= 15 is 0 Å². The third kappa shape index (κ3) is 2.16. The van der Waals surface area contributed by atoms with Crippen LogP contribution in [0.15, 0.2) is 24.3 Å². The maximum Gasteiger partial charge on any atom is 0.0354 e. The average molecular weight is 226 g/mol. The van der Waals surface area contributed by atoms with Gasteiger partial charge in [-0.1, -0.05) is 12.0 Å². The molecule has 17 heavy (non-hydrogen) atoms. The third-order valence-corrected chi connectivity index (χ3v) is 4.02. The summed E-state index contributed by atoms with van der Waals surface area (Å²) in [5.41, 5.74) is 2.13. The van der Waals surface area contributed by atoms with Gasteiger partial charge in [-0.3, -0.25) is 0 Å². The Morgan fingerprint density at radius 2 is 2.18 bits per heavy atom. The van der Waals surface area contributed by atoms with Crippen LogP contribution in [0, 0.1) is 18.3 Å². The summed E-state index contributed by atoms with van der Waals surface area (Å²) in [7, 11) is 0. The fraction of sp³-hybridized carbons (Fsp3) is 0.467. The van der Waals surface area contributed by atoms with E-state index in [9.17, 15) is 0 Å². The zero-order chi connectivity index (χ0) is 11.7. The first-order chi connectivity index (χ1) is 8.35. The van der Waals surface area contributed by atoms with Gasteiger partial charge in [-0.05, 0) is 43.5 Å². The molecule has 1 aromatic carbocycles. The summed E-state index contributed by atoms with van der Waals surface area (Å²) in [5.74, 6) is 3.51. The monoisotopic (exact) mass is 226 g/mol. The average Bonchev–Trinajstić information content (AvgIpc) is 2.76. The van der Waals surface area contributed by atoms with Crippen LogP contribution in [0.4, 0.5) is 5.69 Å². The molecule has 0 saturated carbocycles. The van der Waals surface area contributed by atoms with Gasteiger partial charge in [0, 0.05) is 30.4 Å². The molecule has 0 amide bonds. The Morgan fingerprint density at radius 1 is 1.29 bits per heavy atom. The lowest BCUT2D eigenvalue weighted by Crippen LogP contribution is -2.39. The van der Waals surface area contributed by atoms with Gasteiger partial charge in [0.1, 0.15) is 0 Å². The molecule has 0 aromatic heterocycles. The molecule has 88 valence electrons. The minimum Gasteiger partial charge on any atom is -0.382 e. The largest absolute Gasteiger partial charge is 0.382 e. The molecule has 2 heterocycles. The Balaban J connectivity index is 1.72. The van der Waals surface area contributed by atoms with Crippen LogP contribution in [-0.4, -0.2) is 30.6 Å². The summed E-state index contributed by atoms with van der Waals surface area (Å²) in [6, 6.07) is 8.82. The number of rotatable bonds is 2. The van der Waals surface area contributed by atoms with E-state index in [1.807, 2.05) is 12.1 Å². The van der Waals surface area contributed by atoms with Crippen LogP contribution in [0.25, 0.3) is 0 Å². The second-order valence-electron chi connectivity index (χ2n) is 5.11. The van der Waals surface area contributed by atoms with Gasteiger partial charge in [-0.25, -0.2) is 0 Å². The second kappa shape index (κ2) is 4.43. The van der Waals surface area contributed by atoms with Gasteiger partial charge in [0.05, 0.1) is 0 Å². The number of hydrogen-bond donors (Lipinski definition) is 1. The number of fused-ring (bicyclic) bond motifs is 2. The first-order valence-electron chi connectivity index (χ1n) is 6.41. The Labute approximate surface area is 103 Å². The van der Waals surface area contributed by atoms with E-state index in [1.165, 1.54) is 38.2 Å². The molecule has 2 fully saturated rings. The van der Waals surface area contributed by atoms with Crippen molar-refractivity contribution in [3.05, 3.63) is 29.8 Å². The van der Waals surface area contributed by atoms with Crippen molar-refractivity contribution < 1.29 is 0 Å². The molecule has 1 N–H and O–H groups in total. The second-order valence-corrected chi connectivity index (χ2v) is 5.11. The predicted molar refractivity (Wildman–Crippen MR) is 71.0 cm³/mol. The zero-order valence-electron chi connectivity index (χ0n) is 10.0. The van der Waals surface area contributed by atoms with Crippen molar-refractivity contribution in [3.63, 3.8) is 0 Å². The van der Waals surface area contributed by atoms with Gasteiger partial charge in [-0.15, -0.1) is 6.42 Å². The van der Waals surface area contributed by atoms with Crippen LogP contribution < -0.4 is 5.32 Å². The van der Waals surface area contributed by atoms with Gasteiger partial charge in [0.25, 0.3) is 0 Å². The van der Waals surface area contributed by atoms with Crippen molar-refractivity contribution in [2.24, 2.45) is 5.92 Å². The summed E-state index contributed by atoms with van der Waals surface area (Å²) in [5, 5.41) is 3.66. The lowest BCUT2D eigenvalue weighted by molar-refractivity contribution is 0.255. The number of hydrogen-bond acceptors (Lipinski definition) is 2. The Morgan fingerprint density at radius 3 is 3.06 bits per heavy atom. The SMILES string of the molecule is C#Cc1cccc(NC2CCN3CCC2C3)c1. The third-order valence-electron chi connectivity index (χ3n) is 4.02. The highest BCUT2D eigenvalue weighted by molar-refractivity contribution is 5.50. The summed E-state index contributed by atoms with van der Waals surface area (Å²) in [6.07, 6.45) is 8.02. The molecule has 1 aromatic rings. The molecule has 3 rings (SSSR count). The molecule has 0 spiro atoms. The molecule has 0 aliphatic carbocycles. The van der Waals surface area contributed by atoms with Crippen LogP contribution >= 0.6 is 0 Å². The van der Waals surface area contributed by atoms with Crippen molar-refractivity contribution in [2.75, 3.05) is 25.0 Å². The lowest BCUT2D eigenvalue weighted by atomic mass is 9.94. The number of nitrogens with one attached hydrogen (secondary N) is 1. The highest BCUT2D eigenvalue weighted by Gasteiger charge is 2.33. The molecule has 2 bridgehead atoms. The Hall–Kier alpha value is -1.46. The number of nitrogens with zero attached hydrogens (tertiary/aromatic N) is 1. The molecule has 2 heteroatoms. The normalized spacial score (nSPS) is 30.9. The van der Waals surface area contributed by atoms with Crippen molar-refractivity contribution >= 4 is 5.69 Å². The highest BCUT2D eigenvalue weighted by atomic mass is 15.2. The van der Waals surface area contributed by atoms with E-state index in [-0.39, 0.29) is 0 Å². The standard InChI is InChI=1S/C15H18N2/c1-2-12-4-3-5-14(10-12)16-15-7-9-17-8-6-13(15)11-17/h1,3-5,10,13,15-16H,6-9,11H2. The molecule has 0 radical (unpaired) electrons. The molecule has 2 aliphatic rings. The number of piperidine rings is 1. The summed E-state index contributed by atoms with van der Waals surface area (Å²) >= 11 is 0. The minimum absolute atomic E-state index is 0.627.